The van der Waals surface area contributed by atoms with Crippen LogP contribution in [-0.4, -0.2) is 30.8 Å². The number of fused-ring (bicyclic) bond motifs is 3. The molecule has 0 fully saturated rings. The van der Waals surface area contributed by atoms with E-state index >= 15 is 0 Å². The summed E-state index contributed by atoms with van der Waals surface area (Å²) in [4.78, 5) is 8.85. The van der Waals surface area contributed by atoms with Crippen molar-refractivity contribution >= 4 is 33.3 Å². The van der Waals surface area contributed by atoms with Crippen LogP contribution < -0.4 is 4.72 Å². The van der Waals surface area contributed by atoms with Gasteiger partial charge in [0.1, 0.15) is 5.65 Å². The van der Waals surface area contributed by atoms with Crippen molar-refractivity contribution in [2.45, 2.75) is 31.6 Å². The molecular weight excluding hydrogens is 358 g/mol. The molecule has 0 amide bonds. The van der Waals surface area contributed by atoms with E-state index in [-0.39, 0.29) is 0 Å². The van der Waals surface area contributed by atoms with E-state index in [4.69, 9.17) is 0 Å². The smallest absolute Gasteiger partial charge is 0.174 e. The van der Waals surface area contributed by atoms with E-state index < -0.39 is 11.4 Å². The van der Waals surface area contributed by atoms with Crippen molar-refractivity contribution in [1.29, 1.82) is 0 Å². The van der Waals surface area contributed by atoms with Crippen LogP contribution in [-0.2, 0) is 24.8 Å². The summed E-state index contributed by atoms with van der Waals surface area (Å²) in [5.41, 5.74) is 5.20. The lowest BCUT2D eigenvalue weighted by Crippen LogP contribution is -2.24. The lowest BCUT2D eigenvalue weighted by Gasteiger charge is -2.11. The minimum absolute atomic E-state index is 0.728. The maximum Gasteiger partial charge on any atom is 0.174 e. The summed E-state index contributed by atoms with van der Waals surface area (Å²) in [5.74, 6) is 0. The van der Waals surface area contributed by atoms with Crippen molar-refractivity contribution < 1.29 is 4.55 Å². The lowest BCUT2D eigenvalue weighted by molar-refractivity contribution is 0.580. The van der Waals surface area contributed by atoms with Crippen LogP contribution in [0.25, 0.3) is 33.2 Å². The molecule has 0 saturated heterocycles. The van der Waals surface area contributed by atoms with E-state index in [9.17, 15) is 4.55 Å². The second kappa shape index (κ2) is 7.34. The van der Waals surface area contributed by atoms with Gasteiger partial charge in [-0.15, -0.1) is 4.72 Å². The number of aromatic amines is 1. The number of aryl methyl sites for hydroxylation is 2. The summed E-state index contributed by atoms with van der Waals surface area (Å²) >= 11 is -1.21. The van der Waals surface area contributed by atoms with Gasteiger partial charge in [-0.1, -0.05) is 26.0 Å². The molecular formula is C20H23N5OS. The molecule has 1 atom stereocenters. The maximum atomic E-state index is 12.5. The highest BCUT2D eigenvalue weighted by Gasteiger charge is 2.19. The van der Waals surface area contributed by atoms with Gasteiger partial charge in [-0.3, -0.25) is 4.68 Å². The van der Waals surface area contributed by atoms with Gasteiger partial charge in [-0.2, -0.15) is 5.10 Å². The van der Waals surface area contributed by atoms with E-state index in [1.165, 1.54) is 5.56 Å². The van der Waals surface area contributed by atoms with E-state index in [0.717, 1.165) is 57.5 Å². The number of pyridine rings is 1. The number of rotatable bonds is 6. The Morgan fingerprint density at radius 1 is 1.26 bits per heavy atom. The minimum Gasteiger partial charge on any atom is -0.593 e. The third kappa shape index (κ3) is 3.12. The molecule has 6 nitrogen and oxygen atoms in total. The fourth-order valence-corrected chi connectivity index (χ4v) is 4.50. The average Bonchev–Trinajstić information content (AvgIpc) is 3.26. The molecule has 1 aromatic carbocycles. The molecule has 0 saturated carbocycles. The number of benzene rings is 1. The Morgan fingerprint density at radius 2 is 2.11 bits per heavy atom. The Kier molecular flexibility index (Phi) is 4.90. The zero-order valence-corrected chi connectivity index (χ0v) is 16.6. The highest BCUT2D eigenvalue weighted by atomic mass is 32.2. The van der Waals surface area contributed by atoms with Crippen molar-refractivity contribution in [3.05, 3.63) is 42.2 Å². The highest BCUT2D eigenvalue weighted by Crippen LogP contribution is 2.34. The van der Waals surface area contributed by atoms with Crippen molar-refractivity contribution in [3.63, 3.8) is 0 Å². The van der Waals surface area contributed by atoms with Gasteiger partial charge in [-0.05, 0) is 24.5 Å². The van der Waals surface area contributed by atoms with Gasteiger partial charge in [0.15, 0.2) is 4.90 Å². The van der Waals surface area contributed by atoms with E-state index in [0.29, 0.717) is 0 Å². The molecule has 1 unspecified atom stereocenters. The van der Waals surface area contributed by atoms with Gasteiger partial charge in [0, 0.05) is 42.2 Å². The number of H-pyrrole nitrogens is 1. The first-order chi connectivity index (χ1) is 13.1. The fraction of sp³-hybridized carbons (Fsp3) is 0.300. The summed E-state index contributed by atoms with van der Waals surface area (Å²) in [6.07, 6.45) is 5.50. The quantitative estimate of drug-likeness (QED) is 0.499. The van der Waals surface area contributed by atoms with Crippen molar-refractivity contribution in [2.75, 3.05) is 6.54 Å². The first-order valence-corrected chi connectivity index (χ1v) is 10.4. The molecule has 0 aliphatic rings. The fourth-order valence-electron chi connectivity index (χ4n) is 3.51. The van der Waals surface area contributed by atoms with E-state index in [1.807, 2.05) is 48.4 Å². The van der Waals surface area contributed by atoms with Gasteiger partial charge >= 0.3 is 0 Å². The zero-order chi connectivity index (χ0) is 19.0. The number of hydrogen-bond acceptors (Lipinski definition) is 4. The Balaban J connectivity index is 1.87. The maximum absolute atomic E-state index is 12.5. The van der Waals surface area contributed by atoms with Crippen LogP contribution in [0.2, 0.25) is 0 Å². The molecule has 7 heteroatoms. The van der Waals surface area contributed by atoms with Gasteiger partial charge in [0.05, 0.1) is 28.8 Å². The van der Waals surface area contributed by atoms with Gasteiger partial charge in [-0.25, -0.2) is 4.98 Å². The number of hydrogen-bond donors (Lipinski definition) is 2. The van der Waals surface area contributed by atoms with Crippen LogP contribution in [0, 0.1) is 0 Å². The highest BCUT2D eigenvalue weighted by molar-refractivity contribution is 7.89. The topological polar surface area (TPSA) is 81.6 Å². The van der Waals surface area contributed by atoms with Crippen molar-refractivity contribution in [1.82, 2.24) is 24.5 Å². The zero-order valence-electron chi connectivity index (χ0n) is 15.7. The van der Waals surface area contributed by atoms with Crippen LogP contribution >= 0.6 is 0 Å². The minimum atomic E-state index is -1.21. The Morgan fingerprint density at radius 3 is 2.89 bits per heavy atom. The number of nitrogens with one attached hydrogen (secondary N) is 2. The molecule has 0 aliphatic heterocycles. The third-order valence-corrected chi connectivity index (χ3v) is 5.94. The SMILES string of the molecule is CCCN[S+]([O-])c1cccc(-c2[nH]c3ncc4cnn(C)c4c3c2CC)c1. The molecule has 0 aliphatic carbocycles. The summed E-state index contributed by atoms with van der Waals surface area (Å²) in [7, 11) is 1.96. The molecule has 2 N–H and O–H groups in total. The average molecular weight is 382 g/mol. The van der Waals surface area contributed by atoms with Crippen LogP contribution in [0.3, 0.4) is 0 Å². The molecule has 0 bridgehead atoms. The second-order valence-corrected chi connectivity index (χ2v) is 7.87. The van der Waals surface area contributed by atoms with Crippen LogP contribution in [0.15, 0.2) is 41.6 Å². The molecule has 27 heavy (non-hydrogen) atoms. The first kappa shape index (κ1) is 18.0. The van der Waals surface area contributed by atoms with Gasteiger partial charge < -0.3 is 9.54 Å². The predicted octanol–water partition coefficient (Wildman–Crippen LogP) is 3.70. The number of aromatic nitrogens is 4. The van der Waals surface area contributed by atoms with Gasteiger partial charge in [0.25, 0.3) is 0 Å². The molecule has 4 rings (SSSR count). The Bertz CT molecular complexity index is 1100. The monoisotopic (exact) mass is 381 g/mol. The third-order valence-electron chi connectivity index (χ3n) is 4.79. The van der Waals surface area contributed by atoms with E-state index in [1.54, 1.807) is 0 Å². The summed E-state index contributed by atoms with van der Waals surface area (Å²) in [6, 6.07) is 7.89. The molecule has 3 aromatic heterocycles. The molecule has 0 spiro atoms. The molecule has 140 valence electrons. The predicted molar refractivity (Wildman–Crippen MR) is 110 cm³/mol. The van der Waals surface area contributed by atoms with Crippen molar-refractivity contribution in [3.8, 4) is 11.3 Å². The standard InChI is InChI=1S/C20H23N5OS/c1-4-9-23-27(26)15-8-6-7-13(10-15)18-16(5-2)17-19-14(12-22-25(19)3)11-21-20(17)24-18/h6-8,10-12,23H,4-5,9H2,1-3H3,(H,21,24). The van der Waals surface area contributed by atoms with Crippen LogP contribution in [0.1, 0.15) is 25.8 Å². The Hall–Kier alpha value is -2.35. The van der Waals surface area contributed by atoms with Crippen molar-refractivity contribution in [2.24, 2.45) is 7.05 Å². The van der Waals surface area contributed by atoms with Gasteiger partial charge in [0.2, 0.25) is 0 Å². The molecule has 0 radical (unpaired) electrons. The summed E-state index contributed by atoms with van der Waals surface area (Å²) < 4.78 is 17.4. The lowest BCUT2D eigenvalue weighted by atomic mass is 10.0. The van der Waals surface area contributed by atoms with Crippen LogP contribution in [0.4, 0.5) is 0 Å². The normalized spacial score (nSPS) is 12.9. The van der Waals surface area contributed by atoms with Crippen LogP contribution in [0.5, 0.6) is 0 Å². The molecule has 3 heterocycles. The Labute approximate surface area is 161 Å². The van der Waals surface area contributed by atoms with E-state index in [2.05, 4.69) is 33.6 Å². The summed E-state index contributed by atoms with van der Waals surface area (Å²) in [6.45, 7) is 4.93. The largest absolute Gasteiger partial charge is 0.593 e. The molecule has 4 aromatic rings. The second-order valence-electron chi connectivity index (χ2n) is 6.58. The summed E-state index contributed by atoms with van der Waals surface area (Å²) in [5, 5.41) is 6.53. The first-order valence-electron chi connectivity index (χ1n) is 9.21. The number of nitrogens with zero attached hydrogens (tertiary/aromatic N) is 3.